The van der Waals surface area contributed by atoms with Crippen LogP contribution in [0.2, 0.25) is 0 Å². The third-order valence-corrected chi connectivity index (χ3v) is 4.43. The molecule has 1 N–H and O–H groups in total. The molecule has 1 atom stereocenters. The molecule has 1 aliphatic rings. The van der Waals surface area contributed by atoms with E-state index in [-0.39, 0.29) is 18.4 Å². The minimum atomic E-state index is -0.700. The molecule has 0 saturated heterocycles. The highest BCUT2D eigenvalue weighted by Crippen LogP contribution is 2.37. The van der Waals surface area contributed by atoms with E-state index >= 15 is 0 Å². The van der Waals surface area contributed by atoms with Crippen LogP contribution < -0.4 is 10.2 Å². The molecule has 3 aromatic rings. The van der Waals surface area contributed by atoms with E-state index in [1.54, 1.807) is 4.90 Å². The van der Waals surface area contributed by atoms with Crippen LogP contribution in [0, 0.1) is 6.92 Å². The van der Waals surface area contributed by atoms with Gasteiger partial charge in [-0.2, -0.15) is 0 Å². The quantitative estimate of drug-likeness (QED) is 0.771. The average molecular weight is 362 g/mol. The zero-order valence-corrected chi connectivity index (χ0v) is 15.0. The molecule has 0 unspecified atom stereocenters. The van der Waals surface area contributed by atoms with E-state index < -0.39 is 6.04 Å². The van der Waals surface area contributed by atoms with Crippen LogP contribution in [-0.2, 0) is 16.1 Å². The van der Waals surface area contributed by atoms with Crippen molar-refractivity contribution in [3.8, 4) is 11.5 Å². The minimum Gasteiger partial charge on any atom is -0.419 e. The summed E-state index contributed by atoms with van der Waals surface area (Å²) < 4.78 is 5.73. The Bertz CT molecular complexity index is 1010. The van der Waals surface area contributed by atoms with E-state index in [1.807, 2.05) is 55.5 Å². The van der Waals surface area contributed by atoms with Gasteiger partial charge in [-0.05, 0) is 25.1 Å². The second-order valence-electron chi connectivity index (χ2n) is 6.49. The molecule has 2 aromatic carbocycles. The van der Waals surface area contributed by atoms with Gasteiger partial charge < -0.3 is 14.6 Å². The lowest BCUT2D eigenvalue weighted by atomic mass is 10.1. The van der Waals surface area contributed by atoms with Crippen LogP contribution in [0.4, 0.5) is 5.69 Å². The minimum absolute atomic E-state index is 0.144. The van der Waals surface area contributed by atoms with Crippen LogP contribution in [-0.4, -0.2) is 22.0 Å². The van der Waals surface area contributed by atoms with Gasteiger partial charge in [-0.1, -0.05) is 35.9 Å². The molecule has 7 heteroatoms. The number of nitrogens with zero attached hydrogens (tertiary/aromatic N) is 3. The van der Waals surface area contributed by atoms with Crippen molar-refractivity contribution in [3.05, 3.63) is 65.5 Å². The first kappa shape index (κ1) is 17.0. The molecule has 0 saturated carbocycles. The number of hydrogen-bond acceptors (Lipinski definition) is 5. The van der Waals surface area contributed by atoms with E-state index in [2.05, 4.69) is 15.5 Å². The fourth-order valence-electron chi connectivity index (χ4n) is 3.21. The second-order valence-corrected chi connectivity index (χ2v) is 6.49. The average Bonchev–Trinajstić information content (AvgIpc) is 3.21. The van der Waals surface area contributed by atoms with Gasteiger partial charge in [0.2, 0.25) is 17.7 Å². The summed E-state index contributed by atoms with van der Waals surface area (Å²) in [5.74, 6) is 0.258. The Hall–Kier alpha value is -3.48. The largest absolute Gasteiger partial charge is 0.419 e. The van der Waals surface area contributed by atoms with Crippen LogP contribution >= 0.6 is 0 Å². The molecule has 2 heterocycles. The van der Waals surface area contributed by atoms with Gasteiger partial charge in [0.15, 0.2) is 0 Å². The van der Waals surface area contributed by atoms with Crippen LogP contribution in [0.3, 0.4) is 0 Å². The summed E-state index contributed by atoms with van der Waals surface area (Å²) in [4.78, 5) is 26.0. The topological polar surface area (TPSA) is 88.3 Å². The third kappa shape index (κ3) is 3.19. The first-order valence-corrected chi connectivity index (χ1v) is 8.60. The monoisotopic (exact) mass is 362 g/mol. The summed E-state index contributed by atoms with van der Waals surface area (Å²) >= 11 is 0. The first-order chi connectivity index (χ1) is 13.0. The lowest BCUT2D eigenvalue weighted by molar-refractivity contribution is -0.126. The summed E-state index contributed by atoms with van der Waals surface area (Å²) in [7, 11) is 0. The van der Waals surface area contributed by atoms with E-state index in [0.29, 0.717) is 11.8 Å². The number of aromatic nitrogens is 2. The number of rotatable bonds is 4. The Kier molecular flexibility index (Phi) is 4.19. The number of anilines is 1. The zero-order valence-electron chi connectivity index (χ0n) is 15.0. The number of benzene rings is 2. The van der Waals surface area contributed by atoms with Crippen LogP contribution in [0.5, 0.6) is 0 Å². The lowest BCUT2D eigenvalue weighted by Crippen LogP contribution is -2.36. The molecule has 0 radical (unpaired) electrons. The van der Waals surface area contributed by atoms with Crippen molar-refractivity contribution < 1.29 is 14.0 Å². The number of carbonyl (C=O) groups is 2. The molecule has 0 spiro atoms. The van der Waals surface area contributed by atoms with Crippen LogP contribution in [0.1, 0.15) is 30.0 Å². The van der Waals surface area contributed by atoms with Crippen LogP contribution in [0.15, 0.2) is 52.9 Å². The number of nitrogens with one attached hydrogen (secondary N) is 1. The highest BCUT2D eigenvalue weighted by Gasteiger charge is 2.38. The van der Waals surface area contributed by atoms with Gasteiger partial charge in [-0.15, -0.1) is 10.2 Å². The number of aryl methyl sites for hydroxylation is 1. The van der Waals surface area contributed by atoms with Crippen molar-refractivity contribution >= 4 is 17.5 Å². The van der Waals surface area contributed by atoms with Crippen molar-refractivity contribution in [1.82, 2.24) is 15.5 Å². The highest BCUT2D eigenvalue weighted by molar-refractivity contribution is 6.06. The second kappa shape index (κ2) is 6.68. The summed E-state index contributed by atoms with van der Waals surface area (Å²) in [6.45, 7) is 3.49. The molecular weight excluding hydrogens is 344 g/mol. The number of amides is 2. The van der Waals surface area contributed by atoms with Gasteiger partial charge in [-0.25, -0.2) is 0 Å². The molecule has 7 nitrogen and oxygen atoms in total. The molecule has 136 valence electrons. The summed E-state index contributed by atoms with van der Waals surface area (Å²) in [5.41, 5.74) is 3.35. The lowest BCUT2D eigenvalue weighted by Gasteiger charge is -2.15. The molecule has 27 heavy (non-hydrogen) atoms. The summed E-state index contributed by atoms with van der Waals surface area (Å²) in [6.07, 6.45) is 0. The van der Waals surface area contributed by atoms with Gasteiger partial charge >= 0.3 is 0 Å². The molecule has 0 fully saturated rings. The molecule has 4 rings (SSSR count). The van der Waals surface area contributed by atoms with Crippen molar-refractivity contribution in [2.24, 2.45) is 0 Å². The van der Waals surface area contributed by atoms with Gasteiger partial charge in [0.25, 0.3) is 5.91 Å². The molecule has 0 aliphatic carbocycles. The standard InChI is InChI=1S/C20H18N4O3/c1-12-8-9-16-15(10-12)18(21-13(2)25)20(26)24(16)11-17-22-23-19(27-17)14-6-4-3-5-7-14/h3-10,18H,11H2,1-2H3,(H,21,25)/t18-/m1/s1. The van der Waals surface area contributed by atoms with Crippen molar-refractivity contribution in [1.29, 1.82) is 0 Å². The SMILES string of the molecule is CC(=O)N[C@H]1C(=O)N(Cc2nnc(-c3ccccc3)o2)c2ccc(C)cc21. The van der Waals surface area contributed by atoms with Crippen molar-refractivity contribution in [2.75, 3.05) is 4.90 Å². The van der Waals surface area contributed by atoms with Gasteiger partial charge in [0.1, 0.15) is 12.6 Å². The number of hydrogen-bond donors (Lipinski definition) is 1. The number of carbonyl (C=O) groups excluding carboxylic acids is 2. The smallest absolute Gasteiger partial charge is 0.254 e. The Morgan fingerprint density at radius 2 is 1.96 bits per heavy atom. The van der Waals surface area contributed by atoms with Gasteiger partial charge in [0.05, 0.1) is 5.69 Å². The maximum atomic E-state index is 12.9. The van der Waals surface area contributed by atoms with E-state index in [4.69, 9.17) is 4.42 Å². The highest BCUT2D eigenvalue weighted by atomic mass is 16.4. The Balaban J connectivity index is 1.64. The Morgan fingerprint density at radius 3 is 2.70 bits per heavy atom. The predicted octanol–water partition coefficient (Wildman–Crippen LogP) is 2.77. The first-order valence-electron chi connectivity index (χ1n) is 8.60. The van der Waals surface area contributed by atoms with Crippen LogP contribution in [0.25, 0.3) is 11.5 Å². The molecule has 1 aliphatic heterocycles. The molecule has 1 aromatic heterocycles. The predicted molar refractivity (Wildman–Crippen MR) is 98.7 cm³/mol. The molecule has 2 amide bonds. The van der Waals surface area contributed by atoms with Gasteiger partial charge in [0, 0.05) is 18.1 Å². The normalized spacial score (nSPS) is 15.7. The fraction of sp³-hybridized carbons (Fsp3) is 0.200. The van der Waals surface area contributed by atoms with Crippen molar-refractivity contribution in [2.45, 2.75) is 26.4 Å². The van der Waals surface area contributed by atoms with Crippen molar-refractivity contribution in [3.63, 3.8) is 0 Å². The van der Waals surface area contributed by atoms with Gasteiger partial charge in [-0.3, -0.25) is 9.59 Å². The Labute approximate surface area is 156 Å². The number of fused-ring (bicyclic) bond motifs is 1. The summed E-state index contributed by atoms with van der Waals surface area (Å²) in [6, 6.07) is 14.5. The summed E-state index contributed by atoms with van der Waals surface area (Å²) in [5, 5.41) is 10.9. The zero-order chi connectivity index (χ0) is 19.0. The maximum Gasteiger partial charge on any atom is 0.254 e. The van der Waals surface area contributed by atoms with E-state index in [1.165, 1.54) is 6.92 Å². The Morgan fingerprint density at radius 1 is 1.19 bits per heavy atom. The maximum absolute atomic E-state index is 12.9. The molecule has 0 bridgehead atoms. The molecular formula is C20H18N4O3. The fourth-order valence-corrected chi connectivity index (χ4v) is 3.21. The third-order valence-electron chi connectivity index (χ3n) is 4.43. The van der Waals surface area contributed by atoms with E-state index in [9.17, 15) is 9.59 Å². The van der Waals surface area contributed by atoms with E-state index in [0.717, 1.165) is 22.4 Å².